The number of piperidine rings is 1. The Balaban J connectivity index is 1.85. The van der Waals surface area contributed by atoms with E-state index in [9.17, 15) is 4.79 Å². The quantitative estimate of drug-likeness (QED) is 0.863. The fourth-order valence-corrected chi connectivity index (χ4v) is 3.12. The number of rotatable bonds is 5. The summed E-state index contributed by atoms with van der Waals surface area (Å²) in [7, 11) is 0. The van der Waals surface area contributed by atoms with Gasteiger partial charge in [0.2, 0.25) is 0 Å². The lowest BCUT2D eigenvalue weighted by molar-refractivity contribution is 0.0696. The molecule has 0 amide bonds. The van der Waals surface area contributed by atoms with Gasteiger partial charge in [-0.25, -0.2) is 4.79 Å². The first-order valence-corrected chi connectivity index (χ1v) is 7.88. The fourth-order valence-electron chi connectivity index (χ4n) is 2.57. The normalized spacial score (nSPS) is 17.1. The van der Waals surface area contributed by atoms with Gasteiger partial charge in [-0.05, 0) is 72.5 Å². The lowest BCUT2D eigenvalue weighted by atomic mass is 9.97. The number of halogens is 1. The zero-order valence-electron chi connectivity index (χ0n) is 11.7. The van der Waals surface area contributed by atoms with E-state index in [0.29, 0.717) is 16.0 Å². The number of carbonyl (C=O) groups is 1. The Morgan fingerprint density at radius 3 is 2.70 bits per heavy atom. The molecule has 2 rings (SSSR count). The van der Waals surface area contributed by atoms with E-state index in [0.717, 1.165) is 18.8 Å². The van der Waals surface area contributed by atoms with Crippen LogP contribution in [0.5, 0.6) is 0 Å². The maximum Gasteiger partial charge on any atom is 0.336 e. The van der Waals surface area contributed by atoms with Gasteiger partial charge in [0.15, 0.2) is 0 Å². The van der Waals surface area contributed by atoms with Gasteiger partial charge in [0.1, 0.15) is 0 Å². The van der Waals surface area contributed by atoms with E-state index in [1.807, 2.05) is 12.1 Å². The number of carboxylic acid groups (broad SMARTS) is 1. The predicted molar refractivity (Wildman–Crippen MR) is 84.4 cm³/mol. The molecule has 0 aliphatic carbocycles. The number of anilines is 1. The minimum absolute atomic E-state index is 0.298. The Hall–Kier alpha value is -1.07. The van der Waals surface area contributed by atoms with Gasteiger partial charge in [-0.15, -0.1) is 0 Å². The van der Waals surface area contributed by atoms with Crippen LogP contribution in [0, 0.1) is 5.92 Å². The molecule has 1 aliphatic rings. The summed E-state index contributed by atoms with van der Waals surface area (Å²) in [6.45, 7) is 6.68. The van der Waals surface area contributed by atoms with Crippen molar-refractivity contribution in [3.63, 3.8) is 0 Å². The molecule has 0 atom stereocenters. The predicted octanol–water partition coefficient (Wildman–Crippen LogP) is 3.29. The maximum atomic E-state index is 10.9. The van der Waals surface area contributed by atoms with E-state index >= 15 is 0 Å². The van der Waals surface area contributed by atoms with E-state index < -0.39 is 5.97 Å². The van der Waals surface area contributed by atoms with Gasteiger partial charge in [-0.2, -0.15) is 0 Å². The highest BCUT2D eigenvalue weighted by atomic mass is 79.9. The van der Waals surface area contributed by atoms with Gasteiger partial charge < -0.3 is 15.3 Å². The third kappa shape index (κ3) is 3.96. The van der Waals surface area contributed by atoms with Crippen molar-refractivity contribution in [2.24, 2.45) is 5.92 Å². The molecule has 1 aromatic carbocycles. The van der Waals surface area contributed by atoms with Crippen LogP contribution in [-0.4, -0.2) is 42.2 Å². The molecule has 5 heteroatoms. The number of nitrogens with zero attached hydrogens (tertiary/aromatic N) is 1. The van der Waals surface area contributed by atoms with E-state index in [1.54, 1.807) is 6.07 Å². The molecule has 1 fully saturated rings. The maximum absolute atomic E-state index is 10.9. The first-order valence-electron chi connectivity index (χ1n) is 7.09. The van der Waals surface area contributed by atoms with Crippen LogP contribution in [0.15, 0.2) is 22.7 Å². The molecule has 0 aromatic heterocycles. The van der Waals surface area contributed by atoms with E-state index in [-0.39, 0.29) is 0 Å². The van der Waals surface area contributed by atoms with Crippen LogP contribution in [0.3, 0.4) is 0 Å². The number of hydrogen-bond acceptors (Lipinski definition) is 3. The molecular formula is C15H21BrN2O2. The van der Waals surface area contributed by atoms with Crippen molar-refractivity contribution >= 4 is 27.6 Å². The van der Waals surface area contributed by atoms with Crippen molar-refractivity contribution in [3.05, 3.63) is 28.2 Å². The minimum atomic E-state index is -0.907. The summed E-state index contributed by atoms with van der Waals surface area (Å²) in [5, 5.41) is 12.4. The molecule has 20 heavy (non-hydrogen) atoms. The van der Waals surface area contributed by atoms with E-state index in [1.165, 1.54) is 25.9 Å². The zero-order chi connectivity index (χ0) is 14.5. The van der Waals surface area contributed by atoms with Gasteiger partial charge in [0.25, 0.3) is 0 Å². The summed E-state index contributed by atoms with van der Waals surface area (Å²) in [5.74, 6) is -0.203. The Kier molecular flexibility index (Phi) is 5.43. The molecule has 0 bridgehead atoms. The molecule has 1 heterocycles. The molecule has 0 saturated carbocycles. The molecule has 0 spiro atoms. The number of carboxylic acids is 1. The second kappa shape index (κ2) is 7.09. The monoisotopic (exact) mass is 340 g/mol. The fraction of sp³-hybridized carbons (Fsp3) is 0.533. The third-order valence-electron chi connectivity index (χ3n) is 3.95. The highest BCUT2D eigenvalue weighted by Crippen LogP contribution is 2.23. The van der Waals surface area contributed by atoms with Crippen LogP contribution in [-0.2, 0) is 0 Å². The smallest absolute Gasteiger partial charge is 0.336 e. The Morgan fingerprint density at radius 1 is 1.45 bits per heavy atom. The molecule has 0 unspecified atom stereocenters. The summed E-state index contributed by atoms with van der Waals surface area (Å²) in [5.41, 5.74) is 1.27. The summed E-state index contributed by atoms with van der Waals surface area (Å²) in [4.78, 5) is 13.4. The number of hydrogen-bond donors (Lipinski definition) is 2. The van der Waals surface area contributed by atoms with E-state index in [2.05, 4.69) is 33.1 Å². The topological polar surface area (TPSA) is 52.6 Å². The largest absolute Gasteiger partial charge is 0.478 e. The number of aromatic carboxylic acids is 1. The summed E-state index contributed by atoms with van der Waals surface area (Å²) in [6, 6.07) is 5.30. The minimum Gasteiger partial charge on any atom is -0.478 e. The highest BCUT2D eigenvalue weighted by Gasteiger charge is 2.17. The highest BCUT2D eigenvalue weighted by molar-refractivity contribution is 9.10. The first kappa shape index (κ1) is 15.3. The van der Waals surface area contributed by atoms with Crippen molar-refractivity contribution in [2.75, 3.05) is 31.5 Å². The van der Waals surface area contributed by atoms with Gasteiger partial charge in [0, 0.05) is 16.7 Å². The number of nitrogens with one attached hydrogen (secondary N) is 1. The van der Waals surface area contributed by atoms with Gasteiger partial charge in [-0.1, -0.05) is 6.92 Å². The SMILES string of the molecule is CCN1CCC(CNc2ccc(C(=O)O)c(Br)c2)CC1. The van der Waals surface area contributed by atoms with Crippen LogP contribution in [0.4, 0.5) is 5.69 Å². The second-order valence-electron chi connectivity index (χ2n) is 5.26. The molecule has 2 N–H and O–H groups in total. The van der Waals surface area contributed by atoms with Crippen molar-refractivity contribution in [1.29, 1.82) is 0 Å². The van der Waals surface area contributed by atoms with Gasteiger partial charge in [-0.3, -0.25) is 0 Å². The zero-order valence-corrected chi connectivity index (χ0v) is 13.3. The lowest BCUT2D eigenvalue weighted by Gasteiger charge is -2.31. The van der Waals surface area contributed by atoms with Gasteiger partial charge >= 0.3 is 5.97 Å². The van der Waals surface area contributed by atoms with E-state index in [4.69, 9.17) is 5.11 Å². The summed E-state index contributed by atoms with van der Waals surface area (Å²) < 4.78 is 0.621. The molecule has 1 aromatic rings. The Labute approximate surface area is 128 Å². The van der Waals surface area contributed by atoms with Crippen LogP contribution in [0.25, 0.3) is 0 Å². The van der Waals surface area contributed by atoms with Crippen molar-refractivity contribution < 1.29 is 9.90 Å². The molecule has 4 nitrogen and oxygen atoms in total. The lowest BCUT2D eigenvalue weighted by Crippen LogP contribution is -2.35. The molecular weight excluding hydrogens is 320 g/mol. The number of benzene rings is 1. The Bertz CT molecular complexity index is 471. The van der Waals surface area contributed by atoms with Crippen LogP contribution < -0.4 is 5.32 Å². The van der Waals surface area contributed by atoms with Crippen molar-refractivity contribution in [2.45, 2.75) is 19.8 Å². The van der Waals surface area contributed by atoms with Crippen molar-refractivity contribution in [1.82, 2.24) is 4.90 Å². The molecule has 1 aliphatic heterocycles. The summed E-state index contributed by atoms with van der Waals surface area (Å²) >= 11 is 3.30. The summed E-state index contributed by atoms with van der Waals surface area (Å²) in [6.07, 6.45) is 2.46. The van der Waals surface area contributed by atoms with Gasteiger partial charge in [0.05, 0.1) is 5.56 Å². The molecule has 110 valence electrons. The second-order valence-corrected chi connectivity index (χ2v) is 6.11. The van der Waals surface area contributed by atoms with Crippen LogP contribution in [0.2, 0.25) is 0 Å². The average molecular weight is 341 g/mol. The van der Waals surface area contributed by atoms with Crippen LogP contribution in [0.1, 0.15) is 30.1 Å². The van der Waals surface area contributed by atoms with Crippen molar-refractivity contribution in [3.8, 4) is 0 Å². The molecule has 0 radical (unpaired) electrons. The number of likely N-dealkylation sites (tertiary alicyclic amines) is 1. The van der Waals surface area contributed by atoms with Crippen LogP contribution >= 0.6 is 15.9 Å². The molecule has 1 saturated heterocycles. The first-order chi connectivity index (χ1) is 9.60. The standard InChI is InChI=1S/C15H21BrN2O2/c1-2-18-7-5-11(6-8-18)10-17-12-3-4-13(15(19)20)14(16)9-12/h3-4,9,11,17H,2,5-8,10H2,1H3,(H,19,20). The average Bonchev–Trinajstić information content (AvgIpc) is 2.45. The third-order valence-corrected chi connectivity index (χ3v) is 4.60. The Morgan fingerprint density at radius 2 is 2.15 bits per heavy atom.